The predicted molar refractivity (Wildman–Crippen MR) is 114 cm³/mol. The number of amides is 1. The molecule has 0 radical (unpaired) electrons. The number of nitrogens with zero attached hydrogens (tertiary/aromatic N) is 3. The van der Waals surface area contributed by atoms with E-state index in [0.717, 1.165) is 37.5 Å². The first-order chi connectivity index (χ1) is 13.2. The highest BCUT2D eigenvalue weighted by molar-refractivity contribution is 7.88. The lowest BCUT2D eigenvalue weighted by atomic mass is 10.1. The van der Waals surface area contributed by atoms with Crippen molar-refractivity contribution in [3.8, 4) is 0 Å². The fraction of sp³-hybridized carbons (Fsp3) is 0.300. The van der Waals surface area contributed by atoms with Gasteiger partial charge in [0.2, 0.25) is 15.9 Å². The van der Waals surface area contributed by atoms with E-state index in [1.807, 2.05) is 56.3 Å². The highest BCUT2D eigenvalue weighted by atomic mass is 32.2. The van der Waals surface area contributed by atoms with Crippen molar-refractivity contribution < 1.29 is 13.2 Å². The van der Waals surface area contributed by atoms with Crippen molar-refractivity contribution in [1.29, 1.82) is 0 Å². The lowest BCUT2D eigenvalue weighted by Crippen LogP contribution is -2.40. The Labute approximate surface area is 169 Å². The van der Waals surface area contributed by atoms with E-state index in [4.69, 9.17) is 4.98 Å². The molecule has 1 amide bonds. The van der Waals surface area contributed by atoms with Gasteiger partial charge in [-0.1, -0.05) is 47.7 Å². The van der Waals surface area contributed by atoms with Gasteiger partial charge in [-0.25, -0.2) is 13.4 Å². The molecule has 148 valence electrons. The Morgan fingerprint density at radius 1 is 1.11 bits per heavy atom. The first-order valence-electron chi connectivity index (χ1n) is 8.79. The maximum Gasteiger partial charge on any atom is 0.244 e. The van der Waals surface area contributed by atoms with Crippen LogP contribution in [0.15, 0.2) is 42.5 Å². The summed E-state index contributed by atoms with van der Waals surface area (Å²) >= 11 is 1.44. The van der Waals surface area contributed by atoms with Crippen LogP contribution in [0.25, 0.3) is 10.2 Å². The first kappa shape index (κ1) is 20.4. The van der Waals surface area contributed by atoms with Crippen molar-refractivity contribution in [3.63, 3.8) is 0 Å². The number of thiazole rings is 1. The number of hydrogen-bond donors (Lipinski definition) is 0. The first-order valence-corrected chi connectivity index (χ1v) is 11.5. The van der Waals surface area contributed by atoms with Crippen LogP contribution in [0.1, 0.15) is 16.7 Å². The summed E-state index contributed by atoms with van der Waals surface area (Å²) < 4.78 is 25.6. The molecule has 0 aliphatic carbocycles. The molecule has 0 saturated heterocycles. The molecular weight excluding hydrogens is 394 g/mol. The van der Waals surface area contributed by atoms with Gasteiger partial charge in [0.25, 0.3) is 0 Å². The summed E-state index contributed by atoms with van der Waals surface area (Å²) in [7, 11) is -2.05. The lowest BCUT2D eigenvalue weighted by Gasteiger charge is -2.22. The zero-order valence-electron chi connectivity index (χ0n) is 16.3. The summed E-state index contributed by atoms with van der Waals surface area (Å²) in [5.74, 6) is -0.315. The number of aromatic nitrogens is 1. The van der Waals surface area contributed by atoms with Crippen LogP contribution in [0.2, 0.25) is 0 Å². The largest absolute Gasteiger partial charge is 0.282 e. The fourth-order valence-electron chi connectivity index (χ4n) is 2.75. The van der Waals surface area contributed by atoms with Gasteiger partial charge in [0.15, 0.2) is 5.13 Å². The van der Waals surface area contributed by atoms with Crippen molar-refractivity contribution in [3.05, 3.63) is 59.2 Å². The van der Waals surface area contributed by atoms with E-state index < -0.39 is 10.0 Å². The SMILES string of the molecule is Cc1ccc2sc(N(Cc3ccccc3)C(=O)CN(C)S(C)(=O)=O)nc2c1C. The minimum atomic E-state index is -3.45. The molecule has 0 N–H and O–H groups in total. The molecule has 1 aromatic heterocycles. The number of aryl methyl sites for hydroxylation is 2. The molecule has 28 heavy (non-hydrogen) atoms. The molecule has 2 aromatic carbocycles. The Morgan fingerprint density at radius 3 is 2.43 bits per heavy atom. The maximum atomic E-state index is 13.0. The number of anilines is 1. The number of benzene rings is 2. The lowest BCUT2D eigenvalue weighted by molar-refractivity contribution is -0.118. The standard InChI is InChI=1S/C20H23N3O3S2/c1-14-10-11-17-19(15(14)2)21-20(27-17)23(12-16-8-6-5-7-9-16)18(24)13-22(3)28(4,25)26/h5-11H,12-13H2,1-4H3. The molecule has 0 aliphatic heterocycles. The van der Waals surface area contributed by atoms with E-state index in [-0.39, 0.29) is 12.5 Å². The molecule has 0 spiro atoms. The van der Waals surface area contributed by atoms with E-state index >= 15 is 0 Å². The van der Waals surface area contributed by atoms with Crippen molar-refractivity contribution in [1.82, 2.24) is 9.29 Å². The third kappa shape index (κ3) is 4.40. The molecule has 8 heteroatoms. The Bertz CT molecular complexity index is 1110. The van der Waals surface area contributed by atoms with E-state index in [0.29, 0.717) is 11.7 Å². The van der Waals surface area contributed by atoms with Crippen LogP contribution in [-0.4, -0.2) is 43.5 Å². The average molecular weight is 418 g/mol. The zero-order chi connectivity index (χ0) is 20.5. The van der Waals surface area contributed by atoms with E-state index in [9.17, 15) is 13.2 Å². The monoisotopic (exact) mass is 417 g/mol. The summed E-state index contributed by atoms with van der Waals surface area (Å²) in [6, 6.07) is 13.6. The molecule has 6 nitrogen and oxygen atoms in total. The van der Waals surface area contributed by atoms with Crippen LogP contribution in [0.3, 0.4) is 0 Å². The average Bonchev–Trinajstić information content (AvgIpc) is 3.07. The Morgan fingerprint density at radius 2 is 1.79 bits per heavy atom. The molecule has 0 unspecified atom stereocenters. The van der Waals surface area contributed by atoms with Gasteiger partial charge in [-0.3, -0.25) is 9.69 Å². The van der Waals surface area contributed by atoms with E-state index in [1.165, 1.54) is 18.4 Å². The van der Waals surface area contributed by atoms with Crippen LogP contribution in [-0.2, 0) is 21.4 Å². The third-order valence-corrected chi connectivity index (χ3v) is 7.02. The second-order valence-electron chi connectivity index (χ2n) is 6.84. The van der Waals surface area contributed by atoms with Crippen LogP contribution >= 0.6 is 11.3 Å². The van der Waals surface area contributed by atoms with Crippen molar-refractivity contribution in [2.75, 3.05) is 24.7 Å². The Balaban J connectivity index is 2.00. The highest BCUT2D eigenvalue weighted by Gasteiger charge is 2.24. The van der Waals surface area contributed by atoms with Crippen LogP contribution in [0, 0.1) is 13.8 Å². The molecule has 0 saturated carbocycles. The number of hydrogen-bond acceptors (Lipinski definition) is 5. The van der Waals surface area contributed by atoms with E-state index in [1.54, 1.807) is 4.90 Å². The molecule has 0 bridgehead atoms. The van der Waals surface area contributed by atoms with Gasteiger partial charge in [-0.05, 0) is 36.6 Å². The Kier molecular flexibility index (Phi) is 5.83. The molecule has 3 aromatic rings. The van der Waals surface area contributed by atoms with Crippen molar-refractivity contribution >= 4 is 42.6 Å². The molecule has 0 aliphatic rings. The Hall–Kier alpha value is -2.29. The molecule has 1 heterocycles. The summed E-state index contributed by atoms with van der Waals surface area (Å²) in [6.45, 7) is 4.14. The normalized spacial score (nSPS) is 11.9. The van der Waals surface area contributed by atoms with Gasteiger partial charge in [-0.15, -0.1) is 0 Å². The minimum Gasteiger partial charge on any atom is -0.282 e. The topological polar surface area (TPSA) is 70.6 Å². The molecule has 0 fully saturated rings. The third-order valence-electron chi connectivity index (χ3n) is 4.71. The molecular formula is C20H23N3O3S2. The van der Waals surface area contributed by atoms with Gasteiger partial charge >= 0.3 is 0 Å². The molecule has 0 atom stereocenters. The maximum absolute atomic E-state index is 13.0. The summed E-state index contributed by atoms with van der Waals surface area (Å²) in [6.07, 6.45) is 1.09. The number of carbonyl (C=O) groups is 1. The summed E-state index contributed by atoms with van der Waals surface area (Å²) in [5, 5.41) is 0.569. The fourth-order valence-corrected chi connectivity index (χ4v) is 4.14. The number of rotatable bonds is 6. The van der Waals surface area contributed by atoms with Gasteiger partial charge in [0.05, 0.1) is 29.6 Å². The summed E-state index contributed by atoms with van der Waals surface area (Å²) in [5.41, 5.74) is 4.05. The number of carbonyl (C=O) groups excluding carboxylic acids is 1. The zero-order valence-corrected chi connectivity index (χ0v) is 18.0. The predicted octanol–water partition coefficient (Wildman–Crippen LogP) is 3.34. The number of sulfonamides is 1. The van der Waals surface area contributed by atoms with Gasteiger partial charge in [0.1, 0.15) is 0 Å². The number of fused-ring (bicyclic) bond motifs is 1. The van der Waals surface area contributed by atoms with Crippen LogP contribution in [0.5, 0.6) is 0 Å². The minimum absolute atomic E-state index is 0.237. The highest BCUT2D eigenvalue weighted by Crippen LogP contribution is 2.32. The molecule has 3 rings (SSSR count). The van der Waals surface area contributed by atoms with Crippen molar-refractivity contribution in [2.45, 2.75) is 20.4 Å². The second kappa shape index (κ2) is 7.98. The van der Waals surface area contributed by atoms with Crippen molar-refractivity contribution in [2.24, 2.45) is 0 Å². The smallest absolute Gasteiger partial charge is 0.244 e. The van der Waals surface area contributed by atoms with Crippen LogP contribution < -0.4 is 4.90 Å². The quantitative estimate of drug-likeness (QED) is 0.617. The van der Waals surface area contributed by atoms with Gasteiger partial charge < -0.3 is 0 Å². The van der Waals surface area contributed by atoms with Gasteiger partial charge in [0, 0.05) is 7.05 Å². The summed E-state index contributed by atoms with van der Waals surface area (Å²) in [4.78, 5) is 19.3. The number of likely N-dealkylation sites (N-methyl/N-ethyl adjacent to an activating group) is 1. The van der Waals surface area contributed by atoms with Gasteiger partial charge in [-0.2, -0.15) is 4.31 Å². The van der Waals surface area contributed by atoms with E-state index in [2.05, 4.69) is 0 Å². The van der Waals surface area contributed by atoms with Crippen LogP contribution in [0.4, 0.5) is 5.13 Å². The second-order valence-corrected chi connectivity index (χ2v) is 9.93.